The van der Waals surface area contributed by atoms with E-state index in [0.717, 1.165) is 11.1 Å². The molecule has 1 rings (SSSR count). The number of ether oxygens (including phenoxy) is 3. The van der Waals surface area contributed by atoms with Crippen molar-refractivity contribution in [1.29, 1.82) is 0 Å². The Kier molecular flexibility index (Phi) is 8.42. The molecule has 0 saturated heterocycles. The fraction of sp³-hybridized carbons (Fsp3) is 0.500. The van der Waals surface area contributed by atoms with Crippen LogP contribution in [0.1, 0.15) is 52.7 Å². The summed E-state index contributed by atoms with van der Waals surface area (Å²) in [5.41, 5.74) is 0.391. The summed E-state index contributed by atoms with van der Waals surface area (Å²) in [6.45, 7) is 10.6. The lowest BCUT2D eigenvalue weighted by Crippen LogP contribution is -2.45. The normalized spacial score (nSPS) is 12.9. The second-order valence-corrected chi connectivity index (χ2v) is 8.53. The van der Waals surface area contributed by atoms with Gasteiger partial charge in [-0.2, -0.15) is 0 Å². The zero-order valence-electron chi connectivity index (χ0n) is 18.2. The summed E-state index contributed by atoms with van der Waals surface area (Å²) in [6.07, 6.45) is 2.56. The van der Waals surface area contributed by atoms with Crippen LogP contribution in [0, 0.1) is 0 Å². The van der Waals surface area contributed by atoms with Crippen molar-refractivity contribution < 1.29 is 28.6 Å². The molecule has 0 bridgehead atoms. The molecule has 7 nitrogen and oxygen atoms in total. The van der Waals surface area contributed by atoms with E-state index in [1.54, 1.807) is 59.8 Å². The maximum absolute atomic E-state index is 12.0. The lowest BCUT2D eigenvalue weighted by molar-refractivity contribution is -0.148. The molecule has 1 atom stereocenters. The highest BCUT2D eigenvalue weighted by molar-refractivity contribution is 5.87. The third kappa shape index (κ3) is 10.3. The van der Waals surface area contributed by atoms with Crippen LogP contribution in [0.15, 0.2) is 30.3 Å². The number of hydrogen-bond acceptors (Lipinski definition) is 6. The first-order chi connectivity index (χ1) is 13.3. The Morgan fingerprint density at radius 1 is 0.966 bits per heavy atom. The van der Waals surface area contributed by atoms with Crippen molar-refractivity contribution in [3.63, 3.8) is 0 Å². The Morgan fingerprint density at radius 2 is 1.52 bits per heavy atom. The van der Waals surface area contributed by atoms with E-state index in [0.29, 0.717) is 0 Å². The monoisotopic (exact) mass is 405 g/mol. The van der Waals surface area contributed by atoms with E-state index >= 15 is 0 Å². The van der Waals surface area contributed by atoms with Crippen LogP contribution in [0.4, 0.5) is 4.79 Å². The Morgan fingerprint density at radius 3 is 2.00 bits per heavy atom. The summed E-state index contributed by atoms with van der Waals surface area (Å²) in [6, 6.07) is 6.34. The van der Waals surface area contributed by atoms with Crippen LogP contribution in [0.25, 0.3) is 6.08 Å². The molecule has 0 spiro atoms. The average molecular weight is 405 g/mol. The Hall–Kier alpha value is -2.83. The summed E-state index contributed by atoms with van der Waals surface area (Å²) in [4.78, 5) is 35.8. The first kappa shape index (κ1) is 24.2. The Balaban J connectivity index is 2.77. The molecular weight excluding hydrogens is 374 g/mol. The molecule has 0 radical (unpaired) electrons. The summed E-state index contributed by atoms with van der Waals surface area (Å²) in [5.74, 6) is -0.987. The molecule has 7 heteroatoms. The lowest BCUT2D eigenvalue weighted by atomic mass is 10.0. The van der Waals surface area contributed by atoms with Gasteiger partial charge in [0.1, 0.15) is 17.2 Å². The maximum Gasteiger partial charge on any atom is 0.408 e. The van der Waals surface area contributed by atoms with Crippen LogP contribution in [0.3, 0.4) is 0 Å². The topological polar surface area (TPSA) is 90.9 Å². The number of rotatable bonds is 6. The van der Waals surface area contributed by atoms with Crippen molar-refractivity contribution in [3.8, 4) is 0 Å². The molecule has 0 unspecified atom stereocenters. The number of methoxy groups -OCH3 is 1. The maximum atomic E-state index is 12.0. The van der Waals surface area contributed by atoms with Gasteiger partial charge in [-0.3, -0.25) is 0 Å². The molecule has 0 heterocycles. The number of nitrogens with one attached hydrogen (secondary N) is 1. The molecule has 160 valence electrons. The Bertz CT molecular complexity index is 738. The number of alkyl carbamates (subject to hydrolysis) is 1. The second-order valence-electron chi connectivity index (χ2n) is 8.53. The predicted molar refractivity (Wildman–Crippen MR) is 110 cm³/mol. The van der Waals surface area contributed by atoms with Gasteiger partial charge in [0.25, 0.3) is 0 Å². The zero-order valence-corrected chi connectivity index (χ0v) is 18.2. The molecular formula is C22H31NO6. The van der Waals surface area contributed by atoms with E-state index in [1.165, 1.54) is 13.2 Å². The van der Waals surface area contributed by atoms with Crippen molar-refractivity contribution in [2.24, 2.45) is 0 Å². The molecule has 1 aromatic rings. The predicted octanol–water partition coefficient (Wildman–Crippen LogP) is 3.65. The molecule has 1 amide bonds. The molecule has 1 aromatic carbocycles. The number of carbonyl (C=O) groups is 3. The van der Waals surface area contributed by atoms with Crippen molar-refractivity contribution >= 4 is 24.1 Å². The lowest BCUT2D eigenvalue weighted by Gasteiger charge is -2.22. The minimum absolute atomic E-state index is 0.238. The number of amides is 1. The van der Waals surface area contributed by atoms with E-state index in [4.69, 9.17) is 14.2 Å². The van der Waals surface area contributed by atoms with E-state index in [9.17, 15) is 14.4 Å². The first-order valence-corrected chi connectivity index (χ1v) is 9.36. The molecule has 1 N–H and O–H groups in total. The van der Waals surface area contributed by atoms with Crippen LogP contribution in [-0.4, -0.2) is 42.4 Å². The molecule has 0 fully saturated rings. The fourth-order valence-electron chi connectivity index (χ4n) is 2.29. The third-order valence-corrected chi connectivity index (χ3v) is 3.41. The Labute approximate surface area is 172 Å². The van der Waals surface area contributed by atoms with Gasteiger partial charge in [-0.15, -0.1) is 0 Å². The fourth-order valence-corrected chi connectivity index (χ4v) is 2.29. The van der Waals surface area contributed by atoms with Crippen LogP contribution in [0.2, 0.25) is 0 Å². The van der Waals surface area contributed by atoms with E-state index in [1.807, 2.05) is 12.1 Å². The highest BCUT2D eigenvalue weighted by Gasteiger charge is 2.25. The van der Waals surface area contributed by atoms with Gasteiger partial charge in [0.2, 0.25) is 0 Å². The van der Waals surface area contributed by atoms with E-state index in [2.05, 4.69) is 5.32 Å². The highest BCUT2D eigenvalue weighted by atomic mass is 16.6. The van der Waals surface area contributed by atoms with Crippen molar-refractivity contribution in [2.45, 2.75) is 65.2 Å². The van der Waals surface area contributed by atoms with Gasteiger partial charge in [0.05, 0.1) is 7.11 Å². The van der Waals surface area contributed by atoms with Crippen LogP contribution in [0.5, 0.6) is 0 Å². The minimum Gasteiger partial charge on any atom is -0.467 e. The average Bonchev–Trinajstić information content (AvgIpc) is 2.56. The second kappa shape index (κ2) is 10.1. The molecule has 29 heavy (non-hydrogen) atoms. The van der Waals surface area contributed by atoms with Crippen LogP contribution in [-0.2, 0) is 30.2 Å². The summed E-state index contributed by atoms with van der Waals surface area (Å²) < 4.78 is 15.2. The number of esters is 2. The number of carbonyl (C=O) groups excluding carboxylic acids is 3. The quantitative estimate of drug-likeness (QED) is 0.441. The van der Waals surface area contributed by atoms with E-state index < -0.39 is 35.3 Å². The van der Waals surface area contributed by atoms with Crippen LogP contribution < -0.4 is 5.32 Å². The molecule has 0 aliphatic heterocycles. The zero-order chi connectivity index (χ0) is 22.2. The standard InChI is InChI=1S/C22H31NO6/c1-21(2,3)28-18(24)13-12-15-8-10-16(11-9-15)14-17(19(25)27-7)23-20(26)29-22(4,5)6/h8-13,17H,14H2,1-7H3,(H,23,26)/b13-12+/t17-/m0/s1. The summed E-state index contributed by atoms with van der Waals surface area (Å²) in [5, 5.41) is 2.54. The van der Waals surface area contributed by atoms with Gasteiger partial charge in [-0.25, -0.2) is 14.4 Å². The minimum atomic E-state index is -0.877. The molecule has 0 saturated carbocycles. The van der Waals surface area contributed by atoms with Gasteiger partial charge >= 0.3 is 18.0 Å². The first-order valence-electron chi connectivity index (χ1n) is 9.36. The van der Waals surface area contributed by atoms with Gasteiger partial charge in [-0.05, 0) is 58.7 Å². The highest BCUT2D eigenvalue weighted by Crippen LogP contribution is 2.12. The number of benzene rings is 1. The van der Waals surface area contributed by atoms with Crippen LogP contribution >= 0.6 is 0 Å². The van der Waals surface area contributed by atoms with Gasteiger partial charge < -0.3 is 19.5 Å². The van der Waals surface area contributed by atoms with Gasteiger partial charge in [0.15, 0.2) is 0 Å². The molecule has 0 aliphatic carbocycles. The molecule has 0 aromatic heterocycles. The van der Waals surface area contributed by atoms with Crippen molar-refractivity contribution in [2.75, 3.05) is 7.11 Å². The van der Waals surface area contributed by atoms with Gasteiger partial charge in [0, 0.05) is 12.5 Å². The largest absolute Gasteiger partial charge is 0.467 e. The summed E-state index contributed by atoms with van der Waals surface area (Å²) >= 11 is 0. The summed E-state index contributed by atoms with van der Waals surface area (Å²) in [7, 11) is 1.26. The SMILES string of the molecule is COC(=O)[C@H](Cc1ccc(/C=C/C(=O)OC(C)(C)C)cc1)NC(=O)OC(C)(C)C. The number of hydrogen-bond donors (Lipinski definition) is 1. The smallest absolute Gasteiger partial charge is 0.408 e. The van der Waals surface area contributed by atoms with E-state index in [-0.39, 0.29) is 6.42 Å². The van der Waals surface area contributed by atoms with Gasteiger partial charge in [-0.1, -0.05) is 24.3 Å². The molecule has 0 aliphatic rings. The van der Waals surface area contributed by atoms with Crippen molar-refractivity contribution in [3.05, 3.63) is 41.5 Å². The van der Waals surface area contributed by atoms with Crippen molar-refractivity contribution in [1.82, 2.24) is 5.32 Å². The third-order valence-electron chi connectivity index (χ3n) is 3.41.